The monoisotopic (exact) mass is 594 g/mol. The lowest BCUT2D eigenvalue weighted by molar-refractivity contribution is -0.157. The molecule has 2 N–H and O–H groups in total. The maximum Gasteiger partial charge on any atom is 0.256 e. The normalized spacial score (nSPS) is 23.7. The fourth-order valence-electron chi connectivity index (χ4n) is 7.27. The molecule has 3 fully saturated rings. The predicted octanol–water partition coefficient (Wildman–Crippen LogP) is 4.30. The van der Waals surface area contributed by atoms with Crippen molar-refractivity contribution in [3.63, 3.8) is 0 Å². The summed E-state index contributed by atoms with van der Waals surface area (Å²) in [4.78, 5) is 44.3. The zero-order valence-corrected chi connectivity index (χ0v) is 25.9. The summed E-state index contributed by atoms with van der Waals surface area (Å²) in [5.41, 5.74) is -1.75. The van der Waals surface area contributed by atoms with E-state index in [4.69, 9.17) is 0 Å². The van der Waals surface area contributed by atoms with Crippen molar-refractivity contribution in [2.75, 3.05) is 39.3 Å². The van der Waals surface area contributed by atoms with Crippen LogP contribution in [0.2, 0.25) is 0 Å². The maximum atomic E-state index is 14.9. The number of halogens is 1. The second-order valence-corrected chi connectivity index (χ2v) is 13.7. The standard InChI is InChI=1S/C34H47FN4O4/c1-24(19-25-9-5-4-6-10-25)31(41)38-16-13-34(43,33(2,3)22-38)23-39-21-28(32(42)37-17-14-36-15-18-37)27(20-30(39)40)26-11-7-8-12-29(26)35/h7-8,11-12,20-21,24-25,36,43H,4-6,9-10,13-19,22-23H2,1-3H3/t24?,34-/m1/s1. The van der Waals surface area contributed by atoms with E-state index in [2.05, 4.69) is 5.32 Å². The van der Waals surface area contributed by atoms with Crippen molar-refractivity contribution in [2.45, 2.75) is 77.9 Å². The van der Waals surface area contributed by atoms with Crippen LogP contribution >= 0.6 is 0 Å². The lowest BCUT2D eigenvalue weighted by atomic mass is 9.69. The van der Waals surface area contributed by atoms with Crippen molar-refractivity contribution in [1.82, 2.24) is 19.7 Å². The van der Waals surface area contributed by atoms with Crippen molar-refractivity contribution in [3.8, 4) is 11.1 Å². The molecule has 43 heavy (non-hydrogen) atoms. The highest BCUT2D eigenvalue weighted by Crippen LogP contribution is 2.41. The number of rotatable bonds is 7. The Morgan fingerprint density at radius 3 is 2.42 bits per heavy atom. The van der Waals surface area contributed by atoms with Crippen LogP contribution in [0, 0.1) is 23.1 Å². The van der Waals surface area contributed by atoms with Crippen molar-refractivity contribution in [2.24, 2.45) is 17.3 Å². The molecule has 1 unspecified atom stereocenters. The van der Waals surface area contributed by atoms with Crippen molar-refractivity contribution in [1.29, 1.82) is 0 Å². The highest BCUT2D eigenvalue weighted by molar-refractivity contribution is 6.00. The second kappa shape index (κ2) is 12.9. The molecule has 1 saturated carbocycles. The summed E-state index contributed by atoms with van der Waals surface area (Å²) in [6.45, 7) is 8.98. The van der Waals surface area contributed by atoms with E-state index in [1.807, 2.05) is 25.7 Å². The number of benzene rings is 1. The summed E-state index contributed by atoms with van der Waals surface area (Å²) < 4.78 is 16.3. The number of piperidine rings is 1. The topological polar surface area (TPSA) is 94.9 Å². The minimum absolute atomic E-state index is 0.0299. The highest BCUT2D eigenvalue weighted by atomic mass is 19.1. The fourth-order valence-corrected chi connectivity index (χ4v) is 7.27. The van der Waals surface area contributed by atoms with Gasteiger partial charge in [0.2, 0.25) is 5.91 Å². The summed E-state index contributed by atoms with van der Waals surface area (Å²) in [7, 11) is 0. The van der Waals surface area contributed by atoms with E-state index in [1.165, 1.54) is 55.0 Å². The number of aliphatic hydroxyl groups is 1. The Labute approximate surface area is 254 Å². The Morgan fingerprint density at radius 1 is 1.05 bits per heavy atom. The van der Waals surface area contributed by atoms with E-state index < -0.39 is 22.4 Å². The van der Waals surface area contributed by atoms with Crippen molar-refractivity contribution < 1.29 is 19.1 Å². The highest BCUT2D eigenvalue weighted by Gasteiger charge is 2.49. The first-order chi connectivity index (χ1) is 20.5. The maximum absolute atomic E-state index is 14.9. The van der Waals surface area contributed by atoms with Gasteiger partial charge in [-0.2, -0.15) is 0 Å². The molecule has 9 heteroatoms. The van der Waals surface area contributed by atoms with E-state index in [0.29, 0.717) is 51.6 Å². The molecule has 1 aliphatic carbocycles. The third-order valence-corrected chi connectivity index (χ3v) is 10.1. The third-order valence-electron chi connectivity index (χ3n) is 10.1. The van der Waals surface area contributed by atoms with Crippen molar-refractivity contribution >= 4 is 11.8 Å². The Morgan fingerprint density at radius 2 is 1.74 bits per heavy atom. The van der Waals surface area contributed by atoms with Crippen molar-refractivity contribution in [3.05, 3.63) is 58.3 Å². The van der Waals surface area contributed by atoms with Gasteiger partial charge >= 0.3 is 0 Å². The number of hydrogen-bond donors (Lipinski definition) is 2. The van der Waals surface area contributed by atoms with Crippen LogP contribution in [0.1, 0.15) is 76.1 Å². The van der Waals surface area contributed by atoms with Crippen LogP contribution in [-0.2, 0) is 11.3 Å². The number of hydrogen-bond acceptors (Lipinski definition) is 5. The van der Waals surface area contributed by atoms with Crippen LogP contribution < -0.4 is 10.9 Å². The number of carbonyl (C=O) groups excluding carboxylic acids is 2. The Balaban J connectivity index is 1.39. The molecule has 2 saturated heterocycles. The van der Waals surface area contributed by atoms with Gasteiger partial charge in [0.1, 0.15) is 5.82 Å². The first kappa shape index (κ1) is 31.4. The van der Waals surface area contributed by atoms with Crippen LogP contribution in [0.4, 0.5) is 4.39 Å². The van der Waals surface area contributed by atoms with Gasteiger partial charge in [0.15, 0.2) is 0 Å². The van der Waals surface area contributed by atoms with E-state index >= 15 is 0 Å². The zero-order chi connectivity index (χ0) is 30.8. The van der Waals surface area contributed by atoms with Crippen LogP contribution in [0.15, 0.2) is 41.3 Å². The second-order valence-electron chi connectivity index (χ2n) is 13.7. The lowest BCUT2D eigenvalue weighted by Gasteiger charge is -2.51. The molecule has 2 aromatic rings. The Kier molecular flexibility index (Phi) is 9.42. The van der Waals surface area contributed by atoms with Gasteiger partial charge in [0.25, 0.3) is 11.5 Å². The Hall–Kier alpha value is -3.04. The molecule has 8 nitrogen and oxygen atoms in total. The number of nitrogens with zero attached hydrogens (tertiary/aromatic N) is 3. The number of piperazine rings is 1. The molecule has 0 radical (unpaired) electrons. The van der Waals surface area contributed by atoms with Gasteiger partial charge in [-0.1, -0.05) is 71.1 Å². The molecular formula is C34H47FN4O4. The molecule has 3 aliphatic rings. The van der Waals surface area contributed by atoms with E-state index in [9.17, 15) is 23.9 Å². The summed E-state index contributed by atoms with van der Waals surface area (Å²) in [5, 5.41) is 15.3. The molecule has 0 bridgehead atoms. The molecule has 1 aromatic heterocycles. The van der Waals surface area contributed by atoms with Gasteiger partial charge in [-0.05, 0) is 24.8 Å². The summed E-state index contributed by atoms with van der Waals surface area (Å²) >= 11 is 0. The van der Waals surface area contributed by atoms with Crippen LogP contribution in [0.3, 0.4) is 0 Å². The van der Waals surface area contributed by atoms with E-state index in [-0.39, 0.29) is 41.0 Å². The summed E-state index contributed by atoms with van der Waals surface area (Å²) in [6.07, 6.45) is 8.90. The zero-order valence-electron chi connectivity index (χ0n) is 25.9. The number of pyridine rings is 1. The number of amides is 2. The predicted molar refractivity (Wildman–Crippen MR) is 165 cm³/mol. The van der Waals surface area contributed by atoms with E-state index in [1.54, 1.807) is 23.1 Å². The number of carbonyl (C=O) groups is 2. The Bertz CT molecular complexity index is 1380. The van der Waals surface area contributed by atoms with Gasteiger partial charge in [0.05, 0.1) is 17.7 Å². The van der Waals surface area contributed by atoms with Crippen LogP contribution in [-0.4, -0.2) is 76.2 Å². The van der Waals surface area contributed by atoms with E-state index in [0.717, 1.165) is 6.42 Å². The molecule has 1 aromatic carbocycles. The van der Waals surface area contributed by atoms with Gasteiger partial charge in [0, 0.05) is 74.0 Å². The average molecular weight is 595 g/mol. The fraction of sp³-hybridized carbons (Fsp3) is 0.618. The van der Waals surface area contributed by atoms with Gasteiger partial charge in [-0.15, -0.1) is 0 Å². The molecule has 5 rings (SSSR count). The number of aromatic nitrogens is 1. The summed E-state index contributed by atoms with van der Waals surface area (Å²) in [5.74, 6) is -0.0939. The quantitative estimate of drug-likeness (QED) is 0.499. The molecule has 2 amide bonds. The molecule has 2 aliphatic heterocycles. The lowest BCUT2D eigenvalue weighted by Crippen LogP contribution is -2.61. The molecule has 2 atom stereocenters. The molecule has 234 valence electrons. The first-order valence-corrected chi connectivity index (χ1v) is 16.0. The molecule has 3 heterocycles. The molecular weight excluding hydrogens is 547 g/mol. The third kappa shape index (κ3) is 6.73. The first-order valence-electron chi connectivity index (χ1n) is 16.0. The van der Waals surface area contributed by atoms with Crippen LogP contribution in [0.5, 0.6) is 0 Å². The van der Waals surface area contributed by atoms with Crippen LogP contribution in [0.25, 0.3) is 11.1 Å². The number of likely N-dealkylation sites (tertiary alicyclic amines) is 1. The van der Waals surface area contributed by atoms with Gasteiger partial charge < -0.3 is 24.8 Å². The molecule has 0 spiro atoms. The minimum atomic E-state index is -1.30. The smallest absolute Gasteiger partial charge is 0.256 e. The minimum Gasteiger partial charge on any atom is -0.387 e. The average Bonchev–Trinajstić information content (AvgIpc) is 3.00. The number of nitrogens with one attached hydrogen (secondary N) is 1. The van der Waals surface area contributed by atoms with Gasteiger partial charge in [-0.25, -0.2) is 4.39 Å². The summed E-state index contributed by atoms with van der Waals surface area (Å²) in [6, 6.07) is 7.45. The SMILES string of the molecule is CC(CC1CCCCC1)C(=O)N1CC[C@@](O)(Cn2cc(C(=O)N3CCNCC3)c(-c3ccccc3F)cc2=O)C(C)(C)C1. The van der Waals surface area contributed by atoms with Gasteiger partial charge in [-0.3, -0.25) is 14.4 Å². The largest absolute Gasteiger partial charge is 0.387 e.